The molecule has 0 aliphatic carbocycles. The first-order valence-electron chi connectivity index (χ1n) is 6.40. The molecule has 0 aromatic carbocycles. The molecule has 94 valence electrons. The molecule has 0 rings (SSSR count). The van der Waals surface area contributed by atoms with Crippen molar-refractivity contribution in [3.05, 3.63) is 0 Å². The first-order valence-corrected chi connectivity index (χ1v) is 6.40. The molecule has 0 amide bonds. The molecule has 0 radical (unpaired) electrons. The Morgan fingerprint density at radius 1 is 0.733 bits per heavy atom. The molecule has 0 aliphatic rings. The third kappa shape index (κ3) is 24.9. The summed E-state index contributed by atoms with van der Waals surface area (Å²) in [6, 6.07) is 0. The lowest BCUT2D eigenvalue weighted by Crippen LogP contribution is -1.97. The van der Waals surface area contributed by atoms with Crippen molar-refractivity contribution in [3.8, 4) is 0 Å². The van der Waals surface area contributed by atoms with Crippen LogP contribution >= 0.6 is 0 Å². The lowest BCUT2D eigenvalue weighted by molar-refractivity contribution is 0.180. The topological polar surface area (TPSA) is 40.5 Å². The zero-order valence-corrected chi connectivity index (χ0v) is 11.0. The van der Waals surface area contributed by atoms with Crippen molar-refractivity contribution < 1.29 is 10.2 Å². The highest BCUT2D eigenvalue weighted by Gasteiger charge is 1.92. The number of unbranched alkanes of at least 4 members (excludes halogenated alkanes) is 3. The number of aliphatic hydroxyl groups excluding tert-OH is 2. The Bertz CT molecular complexity index is 101. The molecule has 15 heavy (non-hydrogen) atoms. The van der Waals surface area contributed by atoms with Gasteiger partial charge in [0.05, 0.1) is 12.2 Å². The number of hydrogen-bond acceptors (Lipinski definition) is 2. The summed E-state index contributed by atoms with van der Waals surface area (Å²) in [7, 11) is 0. The first kappa shape index (κ1) is 17.3. The number of aliphatic hydroxyl groups is 2. The minimum absolute atomic E-state index is 0.0958. The molecule has 0 bridgehead atoms. The van der Waals surface area contributed by atoms with Gasteiger partial charge in [0, 0.05) is 0 Å². The van der Waals surface area contributed by atoms with Crippen LogP contribution in [0, 0.1) is 0 Å². The van der Waals surface area contributed by atoms with Gasteiger partial charge in [-0.05, 0) is 26.7 Å². The molecular formula is C13H30O2. The van der Waals surface area contributed by atoms with Crippen molar-refractivity contribution in [1.29, 1.82) is 0 Å². The average Bonchev–Trinajstić information content (AvgIpc) is 2.15. The number of hydrogen-bond donors (Lipinski definition) is 2. The van der Waals surface area contributed by atoms with E-state index >= 15 is 0 Å². The van der Waals surface area contributed by atoms with Crippen LogP contribution in [0.25, 0.3) is 0 Å². The smallest absolute Gasteiger partial charge is 0.0512 e. The van der Waals surface area contributed by atoms with E-state index in [0.717, 1.165) is 19.3 Å². The van der Waals surface area contributed by atoms with Crippen molar-refractivity contribution in [2.75, 3.05) is 0 Å². The number of rotatable bonds is 7. The van der Waals surface area contributed by atoms with Gasteiger partial charge in [0.1, 0.15) is 0 Å². The van der Waals surface area contributed by atoms with E-state index in [1.54, 1.807) is 0 Å². The molecule has 2 unspecified atom stereocenters. The Hall–Kier alpha value is -0.0800. The van der Waals surface area contributed by atoms with Crippen LogP contribution in [0.5, 0.6) is 0 Å². The maximum atomic E-state index is 8.78. The van der Waals surface area contributed by atoms with Gasteiger partial charge in [0.25, 0.3) is 0 Å². The van der Waals surface area contributed by atoms with Crippen LogP contribution < -0.4 is 0 Å². The van der Waals surface area contributed by atoms with Crippen LogP contribution in [0.2, 0.25) is 0 Å². The summed E-state index contributed by atoms with van der Waals surface area (Å²) in [5, 5.41) is 17.5. The lowest BCUT2D eigenvalue weighted by Gasteiger charge is -2.00. The predicted octanol–water partition coefficient (Wildman–Crippen LogP) is 3.50. The maximum Gasteiger partial charge on any atom is 0.0512 e. The fourth-order valence-electron chi connectivity index (χ4n) is 1.19. The molecule has 0 fully saturated rings. The van der Waals surface area contributed by atoms with Crippen molar-refractivity contribution >= 4 is 0 Å². The van der Waals surface area contributed by atoms with Crippen LogP contribution in [-0.2, 0) is 0 Å². The Morgan fingerprint density at radius 3 is 1.40 bits per heavy atom. The quantitative estimate of drug-likeness (QED) is 0.642. The maximum absolute atomic E-state index is 8.78. The summed E-state index contributed by atoms with van der Waals surface area (Å²) in [4.78, 5) is 0. The second kappa shape index (κ2) is 13.9. The highest BCUT2D eigenvalue weighted by Crippen LogP contribution is 2.01. The Labute approximate surface area is 95.7 Å². The third-order valence-electron chi connectivity index (χ3n) is 2.20. The van der Waals surface area contributed by atoms with Crippen LogP contribution in [-0.4, -0.2) is 22.4 Å². The van der Waals surface area contributed by atoms with Gasteiger partial charge in [-0.3, -0.25) is 0 Å². The van der Waals surface area contributed by atoms with Crippen LogP contribution in [0.4, 0.5) is 0 Å². The van der Waals surface area contributed by atoms with Gasteiger partial charge < -0.3 is 10.2 Å². The molecule has 2 nitrogen and oxygen atoms in total. The Morgan fingerprint density at radius 2 is 1.13 bits per heavy atom. The standard InChI is InChI=1S/C7H16O.C6H14O/c1-3-4-5-6-7(2)8;1-3-4-5-6(2)7/h7-8H,3-6H2,1-2H3;6-7H,3-5H2,1-2H3. The van der Waals surface area contributed by atoms with E-state index in [2.05, 4.69) is 13.8 Å². The fourth-order valence-corrected chi connectivity index (χ4v) is 1.19. The minimum Gasteiger partial charge on any atom is -0.393 e. The van der Waals surface area contributed by atoms with Crippen molar-refractivity contribution in [2.45, 2.75) is 84.8 Å². The van der Waals surface area contributed by atoms with Gasteiger partial charge in [0.2, 0.25) is 0 Å². The highest BCUT2D eigenvalue weighted by atomic mass is 16.3. The largest absolute Gasteiger partial charge is 0.393 e. The summed E-state index contributed by atoms with van der Waals surface area (Å²) < 4.78 is 0. The summed E-state index contributed by atoms with van der Waals surface area (Å²) in [5.41, 5.74) is 0. The van der Waals surface area contributed by atoms with Gasteiger partial charge in [0.15, 0.2) is 0 Å². The molecule has 2 atom stereocenters. The molecule has 0 aromatic heterocycles. The van der Waals surface area contributed by atoms with Gasteiger partial charge in [-0.25, -0.2) is 0 Å². The van der Waals surface area contributed by atoms with E-state index in [1.807, 2.05) is 13.8 Å². The van der Waals surface area contributed by atoms with E-state index in [4.69, 9.17) is 10.2 Å². The summed E-state index contributed by atoms with van der Waals surface area (Å²) in [6.07, 6.45) is 7.74. The van der Waals surface area contributed by atoms with Crippen LogP contribution in [0.1, 0.15) is 72.6 Å². The van der Waals surface area contributed by atoms with E-state index in [0.29, 0.717) is 0 Å². The molecule has 0 saturated carbocycles. The lowest BCUT2D eigenvalue weighted by atomic mass is 10.1. The summed E-state index contributed by atoms with van der Waals surface area (Å²) in [6.45, 7) is 7.97. The molecule has 0 aliphatic heterocycles. The monoisotopic (exact) mass is 218 g/mol. The summed E-state index contributed by atoms with van der Waals surface area (Å²) >= 11 is 0. The molecule has 2 N–H and O–H groups in total. The second-order valence-electron chi connectivity index (χ2n) is 4.34. The first-order chi connectivity index (χ1) is 7.04. The van der Waals surface area contributed by atoms with Crippen LogP contribution in [0.3, 0.4) is 0 Å². The van der Waals surface area contributed by atoms with Gasteiger partial charge in [-0.2, -0.15) is 0 Å². The second-order valence-corrected chi connectivity index (χ2v) is 4.34. The van der Waals surface area contributed by atoms with Crippen LogP contribution in [0.15, 0.2) is 0 Å². The highest BCUT2D eigenvalue weighted by molar-refractivity contribution is 4.46. The summed E-state index contributed by atoms with van der Waals surface area (Å²) in [5.74, 6) is 0. The Balaban J connectivity index is 0. The van der Waals surface area contributed by atoms with Crippen molar-refractivity contribution in [3.63, 3.8) is 0 Å². The minimum atomic E-state index is -0.0973. The molecular weight excluding hydrogens is 188 g/mol. The predicted molar refractivity (Wildman–Crippen MR) is 67.0 cm³/mol. The van der Waals surface area contributed by atoms with Gasteiger partial charge in [-0.1, -0.05) is 46.0 Å². The zero-order chi connectivity index (χ0) is 12.1. The zero-order valence-electron chi connectivity index (χ0n) is 11.0. The van der Waals surface area contributed by atoms with E-state index in [-0.39, 0.29) is 12.2 Å². The molecule has 2 heteroatoms. The van der Waals surface area contributed by atoms with E-state index < -0.39 is 0 Å². The molecule has 0 aromatic rings. The average molecular weight is 218 g/mol. The molecule has 0 heterocycles. The van der Waals surface area contributed by atoms with Gasteiger partial charge >= 0.3 is 0 Å². The normalized spacial score (nSPS) is 14.0. The van der Waals surface area contributed by atoms with Gasteiger partial charge in [-0.15, -0.1) is 0 Å². The van der Waals surface area contributed by atoms with Crippen molar-refractivity contribution in [1.82, 2.24) is 0 Å². The molecule has 0 saturated heterocycles. The van der Waals surface area contributed by atoms with E-state index in [9.17, 15) is 0 Å². The fraction of sp³-hybridized carbons (Fsp3) is 1.00. The molecule has 0 spiro atoms. The van der Waals surface area contributed by atoms with E-state index in [1.165, 1.54) is 25.7 Å². The SMILES string of the molecule is CCCCC(C)O.CCCCCC(C)O. The van der Waals surface area contributed by atoms with Crippen molar-refractivity contribution in [2.24, 2.45) is 0 Å². The third-order valence-corrected chi connectivity index (χ3v) is 2.20. The Kier molecular flexibility index (Phi) is 16.1.